The van der Waals surface area contributed by atoms with Crippen molar-refractivity contribution in [2.75, 3.05) is 13.7 Å². The van der Waals surface area contributed by atoms with Crippen LogP contribution in [-0.4, -0.2) is 18.7 Å². The molecule has 0 unspecified atom stereocenters. The molecule has 13 heavy (non-hydrogen) atoms. The predicted molar refractivity (Wildman–Crippen MR) is 46.7 cm³/mol. The number of rotatable bonds is 3. The van der Waals surface area contributed by atoms with Gasteiger partial charge in [-0.3, -0.25) is 0 Å². The minimum absolute atomic E-state index is 0.323. The minimum Gasteiger partial charge on any atom is -0.491 e. The topological polar surface area (TPSA) is 55.1 Å². The third-order valence-electron chi connectivity index (χ3n) is 1.44. The summed E-state index contributed by atoms with van der Waals surface area (Å²) in [4.78, 5) is 3.94. The van der Waals surface area contributed by atoms with Crippen LogP contribution in [0.5, 0.6) is 11.6 Å². The van der Waals surface area contributed by atoms with Gasteiger partial charge in [0.2, 0.25) is 0 Å². The van der Waals surface area contributed by atoms with E-state index in [1.807, 2.05) is 13.0 Å². The van der Waals surface area contributed by atoms with E-state index in [1.165, 1.54) is 7.11 Å². The smallest absolute Gasteiger partial charge is 0.258 e. The van der Waals surface area contributed by atoms with Crippen LogP contribution < -0.4 is 9.47 Å². The van der Waals surface area contributed by atoms with E-state index in [-0.39, 0.29) is 0 Å². The zero-order chi connectivity index (χ0) is 9.68. The summed E-state index contributed by atoms with van der Waals surface area (Å²) < 4.78 is 10.2. The molecule has 0 aliphatic heterocycles. The number of hydrogen-bond acceptors (Lipinski definition) is 4. The lowest BCUT2D eigenvalue weighted by molar-refractivity contribution is 0.298. The molecule has 68 valence electrons. The van der Waals surface area contributed by atoms with Gasteiger partial charge >= 0.3 is 0 Å². The van der Waals surface area contributed by atoms with Crippen molar-refractivity contribution in [3.63, 3.8) is 0 Å². The lowest BCUT2D eigenvalue weighted by Gasteiger charge is -2.06. The van der Waals surface area contributed by atoms with E-state index in [2.05, 4.69) is 4.98 Å². The maximum atomic E-state index is 8.58. The van der Waals surface area contributed by atoms with Crippen LogP contribution in [-0.2, 0) is 0 Å². The Bertz CT molecular complexity index is 331. The number of ether oxygens (including phenoxy) is 2. The molecule has 0 bridgehead atoms. The molecule has 1 rings (SSSR count). The molecule has 0 aromatic carbocycles. The highest BCUT2D eigenvalue weighted by molar-refractivity contribution is 5.37. The second kappa shape index (κ2) is 4.31. The van der Waals surface area contributed by atoms with Gasteiger partial charge in [-0.05, 0) is 19.1 Å². The molecule has 0 radical (unpaired) electrons. The summed E-state index contributed by atoms with van der Waals surface area (Å²) in [6.45, 7) is 2.35. The summed E-state index contributed by atoms with van der Waals surface area (Å²) in [6.07, 6.45) is 0. The van der Waals surface area contributed by atoms with Crippen molar-refractivity contribution in [3.05, 3.63) is 17.8 Å². The first-order valence-corrected chi connectivity index (χ1v) is 3.89. The number of nitriles is 1. The Morgan fingerprint density at radius 3 is 2.85 bits per heavy atom. The Labute approximate surface area is 76.7 Å². The van der Waals surface area contributed by atoms with E-state index >= 15 is 0 Å². The molecule has 1 aromatic rings. The second-order valence-electron chi connectivity index (χ2n) is 2.25. The zero-order valence-electron chi connectivity index (χ0n) is 7.57. The van der Waals surface area contributed by atoms with Gasteiger partial charge in [0.1, 0.15) is 11.8 Å². The summed E-state index contributed by atoms with van der Waals surface area (Å²) in [5.41, 5.74) is 0.323. The van der Waals surface area contributed by atoms with Crippen molar-refractivity contribution in [2.45, 2.75) is 6.92 Å². The number of aromatic nitrogens is 1. The van der Waals surface area contributed by atoms with Gasteiger partial charge in [-0.15, -0.1) is 0 Å². The highest BCUT2D eigenvalue weighted by Gasteiger charge is 2.05. The molecule has 0 amide bonds. The van der Waals surface area contributed by atoms with Crippen LogP contribution in [0.3, 0.4) is 0 Å². The van der Waals surface area contributed by atoms with Gasteiger partial charge < -0.3 is 9.47 Å². The fourth-order valence-corrected chi connectivity index (χ4v) is 0.885. The second-order valence-corrected chi connectivity index (χ2v) is 2.25. The van der Waals surface area contributed by atoms with E-state index in [0.717, 1.165) is 0 Å². The van der Waals surface area contributed by atoms with Crippen LogP contribution in [0, 0.1) is 11.3 Å². The van der Waals surface area contributed by atoms with Crippen molar-refractivity contribution in [1.29, 1.82) is 5.26 Å². The summed E-state index contributed by atoms with van der Waals surface area (Å²) in [6, 6.07) is 5.18. The van der Waals surface area contributed by atoms with Gasteiger partial charge in [0.05, 0.1) is 13.7 Å². The lowest BCUT2D eigenvalue weighted by Crippen LogP contribution is -1.98. The summed E-state index contributed by atoms with van der Waals surface area (Å²) >= 11 is 0. The molecule has 1 heterocycles. The van der Waals surface area contributed by atoms with E-state index in [0.29, 0.717) is 23.9 Å². The van der Waals surface area contributed by atoms with E-state index < -0.39 is 0 Å². The van der Waals surface area contributed by atoms with Crippen LogP contribution in [0.15, 0.2) is 12.1 Å². The van der Waals surface area contributed by atoms with Gasteiger partial charge in [-0.2, -0.15) is 10.2 Å². The Kier molecular flexibility index (Phi) is 3.09. The van der Waals surface area contributed by atoms with Crippen molar-refractivity contribution in [1.82, 2.24) is 4.98 Å². The van der Waals surface area contributed by atoms with Gasteiger partial charge in [0.15, 0.2) is 5.75 Å². The fraction of sp³-hybridized carbons (Fsp3) is 0.333. The molecule has 4 nitrogen and oxygen atoms in total. The van der Waals surface area contributed by atoms with Gasteiger partial charge in [-0.1, -0.05) is 0 Å². The van der Waals surface area contributed by atoms with Crippen LogP contribution in [0.25, 0.3) is 0 Å². The molecule has 0 spiro atoms. The van der Waals surface area contributed by atoms with Crippen molar-refractivity contribution < 1.29 is 9.47 Å². The molecule has 0 N–H and O–H groups in total. The van der Waals surface area contributed by atoms with Crippen molar-refractivity contribution in [3.8, 4) is 17.7 Å². The highest BCUT2D eigenvalue weighted by Crippen LogP contribution is 2.23. The standard InChI is InChI=1S/C9H10N2O2/c1-3-13-9-8(12-2)5-4-7(6-10)11-9/h4-5H,3H2,1-2H3. The molecule has 0 saturated heterocycles. The maximum absolute atomic E-state index is 8.58. The fourth-order valence-electron chi connectivity index (χ4n) is 0.885. The molecular weight excluding hydrogens is 168 g/mol. The molecule has 0 aliphatic rings. The number of hydrogen-bond donors (Lipinski definition) is 0. The van der Waals surface area contributed by atoms with E-state index in [1.54, 1.807) is 12.1 Å². The lowest BCUT2D eigenvalue weighted by atomic mass is 10.3. The largest absolute Gasteiger partial charge is 0.491 e. The molecule has 4 heteroatoms. The van der Waals surface area contributed by atoms with Gasteiger partial charge in [0.25, 0.3) is 5.88 Å². The predicted octanol–water partition coefficient (Wildman–Crippen LogP) is 1.36. The average molecular weight is 178 g/mol. The average Bonchev–Trinajstić information content (AvgIpc) is 2.18. The summed E-state index contributed by atoms with van der Waals surface area (Å²) in [7, 11) is 1.53. The molecule has 0 fully saturated rings. The van der Waals surface area contributed by atoms with Crippen LogP contribution in [0.2, 0.25) is 0 Å². The van der Waals surface area contributed by atoms with Crippen molar-refractivity contribution >= 4 is 0 Å². The third kappa shape index (κ3) is 2.09. The summed E-state index contributed by atoms with van der Waals surface area (Å²) in [5.74, 6) is 0.907. The third-order valence-corrected chi connectivity index (χ3v) is 1.44. The Morgan fingerprint density at radius 2 is 2.31 bits per heavy atom. The Hall–Kier alpha value is -1.76. The van der Waals surface area contributed by atoms with Crippen LogP contribution in [0.4, 0.5) is 0 Å². The Morgan fingerprint density at radius 1 is 1.54 bits per heavy atom. The first-order chi connectivity index (χ1) is 6.31. The molecule has 0 aliphatic carbocycles. The molecule has 0 atom stereocenters. The normalized spacial score (nSPS) is 9.00. The first-order valence-electron chi connectivity index (χ1n) is 3.89. The highest BCUT2D eigenvalue weighted by atomic mass is 16.5. The van der Waals surface area contributed by atoms with Crippen molar-refractivity contribution in [2.24, 2.45) is 0 Å². The number of methoxy groups -OCH3 is 1. The first kappa shape index (κ1) is 9.33. The van der Waals surface area contributed by atoms with Gasteiger partial charge in [0, 0.05) is 0 Å². The number of nitrogens with zero attached hydrogens (tertiary/aromatic N) is 2. The van der Waals surface area contributed by atoms with Crippen LogP contribution in [0.1, 0.15) is 12.6 Å². The summed E-state index contributed by atoms with van der Waals surface area (Å²) in [5, 5.41) is 8.58. The zero-order valence-corrected chi connectivity index (χ0v) is 7.57. The quantitative estimate of drug-likeness (QED) is 0.701. The van der Waals surface area contributed by atoms with Gasteiger partial charge in [-0.25, -0.2) is 0 Å². The monoisotopic (exact) mass is 178 g/mol. The molecular formula is C9H10N2O2. The Balaban J connectivity index is 3.04. The molecule has 0 saturated carbocycles. The van der Waals surface area contributed by atoms with E-state index in [4.69, 9.17) is 14.7 Å². The SMILES string of the molecule is CCOc1nc(C#N)ccc1OC. The van der Waals surface area contributed by atoms with Crippen LogP contribution >= 0.6 is 0 Å². The van der Waals surface area contributed by atoms with E-state index in [9.17, 15) is 0 Å². The maximum Gasteiger partial charge on any atom is 0.258 e. The molecule has 1 aromatic heterocycles. The minimum atomic E-state index is 0.323. The number of pyridine rings is 1.